The molecule has 29 heavy (non-hydrogen) atoms. The first-order valence-electron chi connectivity index (χ1n) is 8.93. The molecule has 0 saturated heterocycles. The first kappa shape index (κ1) is 21.5. The van der Waals surface area contributed by atoms with Crippen LogP contribution in [0.25, 0.3) is 6.08 Å². The van der Waals surface area contributed by atoms with Gasteiger partial charge in [-0.1, -0.05) is 18.2 Å². The standard InChI is InChI=1S/C22H22N2O5/c1-4-28-22(26)17(13-23)11-16-8-9-19(20(12-16)27-3)29-14-21(25)24-18-7-5-6-15(2)10-18/h5-12H,4,14H2,1-3H3,(H,24,25)/b17-11+. The van der Waals surface area contributed by atoms with Crippen LogP contribution in [0.2, 0.25) is 0 Å². The monoisotopic (exact) mass is 394 g/mol. The van der Waals surface area contributed by atoms with E-state index < -0.39 is 5.97 Å². The second-order valence-corrected chi connectivity index (χ2v) is 6.01. The van der Waals surface area contributed by atoms with Crippen molar-refractivity contribution in [2.45, 2.75) is 13.8 Å². The molecule has 1 amide bonds. The number of hydrogen-bond acceptors (Lipinski definition) is 6. The van der Waals surface area contributed by atoms with Crippen molar-refractivity contribution < 1.29 is 23.8 Å². The Hall–Kier alpha value is -3.79. The fourth-order valence-corrected chi connectivity index (χ4v) is 2.47. The molecule has 2 aromatic carbocycles. The minimum atomic E-state index is -0.692. The molecule has 0 fully saturated rings. The van der Waals surface area contributed by atoms with Crippen LogP contribution in [0.4, 0.5) is 5.69 Å². The molecule has 0 spiro atoms. The van der Waals surface area contributed by atoms with Crippen LogP contribution < -0.4 is 14.8 Å². The summed E-state index contributed by atoms with van der Waals surface area (Å²) in [7, 11) is 1.46. The van der Waals surface area contributed by atoms with E-state index in [2.05, 4.69) is 5.32 Å². The number of methoxy groups -OCH3 is 1. The van der Waals surface area contributed by atoms with Crippen molar-refractivity contribution in [3.05, 3.63) is 59.2 Å². The second-order valence-electron chi connectivity index (χ2n) is 6.01. The quantitative estimate of drug-likeness (QED) is 0.418. The third kappa shape index (κ3) is 6.40. The van der Waals surface area contributed by atoms with Crippen LogP contribution in [-0.4, -0.2) is 32.2 Å². The summed E-state index contributed by atoms with van der Waals surface area (Å²) in [5, 5.41) is 11.9. The van der Waals surface area contributed by atoms with Crippen LogP contribution in [0, 0.1) is 18.3 Å². The highest BCUT2D eigenvalue weighted by molar-refractivity contribution is 5.98. The lowest BCUT2D eigenvalue weighted by molar-refractivity contribution is -0.137. The summed E-state index contributed by atoms with van der Waals surface area (Å²) in [4.78, 5) is 23.8. The number of nitriles is 1. The first-order valence-corrected chi connectivity index (χ1v) is 8.93. The zero-order chi connectivity index (χ0) is 21.2. The number of ether oxygens (including phenoxy) is 3. The Bertz CT molecular complexity index is 960. The third-order valence-electron chi connectivity index (χ3n) is 3.78. The van der Waals surface area contributed by atoms with Gasteiger partial charge < -0.3 is 19.5 Å². The molecular formula is C22H22N2O5. The van der Waals surface area contributed by atoms with E-state index in [1.165, 1.54) is 13.2 Å². The van der Waals surface area contributed by atoms with E-state index in [0.29, 0.717) is 22.7 Å². The molecule has 0 saturated carbocycles. The van der Waals surface area contributed by atoms with E-state index in [0.717, 1.165) is 5.56 Å². The van der Waals surface area contributed by atoms with Gasteiger partial charge in [-0.2, -0.15) is 5.26 Å². The van der Waals surface area contributed by atoms with Crippen molar-refractivity contribution in [2.24, 2.45) is 0 Å². The van der Waals surface area contributed by atoms with Crippen LogP contribution in [0.15, 0.2) is 48.0 Å². The fraction of sp³-hybridized carbons (Fsp3) is 0.227. The van der Waals surface area contributed by atoms with Crippen molar-refractivity contribution >= 4 is 23.6 Å². The molecule has 0 aromatic heterocycles. The number of benzene rings is 2. The van der Waals surface area contributed by atoms with E-state index in [-0.39, 0.29) is 24.7 Å². The van der Waals surface area contributed by atoms with Crippen LogP contribution >= 0.6 is 0 Å². The fourth-order valence-electron chi connectivity index (χ4n) is 2.47. The molecule has 1 N–H and O–H groups in total. The van der Waals surface area contributed by atoms with Gasteiger partial charge in [0.1, 0.15) is 11.6 Å². The Morgan fingerprint density at radius 2 is 1.97 bits per heavy atom. The molecule has 0 heterocycles. The number of aryl methyl sites for hydroxylation is 1. The van der Waals surface area contributed by atoms with Gasteiger partial charge in [0.2, 0.25) is 0 Å². The van der Waals surface area contributed by atoms with Crippen molar-refractivity contribution in [3.63, 3.8) is 0 Å². The highest BCUT2D eigenvalue weighted by Crippen LogP contribution is 2.29. The van der Waals surface area contributed by atoms with Crippen molar-refractivity contribution in [1.29, 1.82) is 5.26 Å². The maximum absolute atomic E-state index is 12.1. The van der Waals surface area contributed by atoms with Crippen LogP contribution in [0.5, 0.6) is 11.5 Å². The topological polar surface area (TPSA) is 97.7 Å². The minimum Gasteiger partial charge on any atom is -0.493 e. The average molecular weight is 394 g/mol. The molecule has 0 aliphatic heterocycles. The second kappa shape index (κ2) is 10.5. The number of carbonyl (C=O) groups excluding carboxylic acids is 2. The molecular weight excluding hydrogens is 372 g/mol. The number of carbonyl (C=O) groups is 2. The lowest BCUT2D eigenvalue weighted by Crippen LogP contribution is -2.20. The number of rotatable bonds is 8. The molecule has 0 bridgehead atoms. The van der Waals surface area contributed by atoms with E-state index in [4.69, 9.17) is 19.5 Å². The molecule has 2 aromatic rings. The molecule has 0 aliphatic rings. The third-order valence-corrected chi connectivity index (χ3v) is 3.78. The SMILES string of the molecule is CCOC(=O)/C(C#N)=C/c1ccc(OCC(=O)Nc2cccc(C)c2)c(OC)c1. The number of nitrogens with zero attached hydrogens (tertiary/aromatic N) is 1. The summed E-state index contributed by atoms with van der Waals surface area (Å²) in [6, 6.07) is 14.1. The highest BCUT2D eigenvalue weighted by Gasteiger charge is 2.12. The van der Waals surface area contributed by atoms with E-state index >= 15 is 0 Å². The van der Waals surface area contributed by atoms with E-state index in [1.807, 2.05) is 31.2 Å². The molecule has 7 nitrogen and oxygen atoms in total. The molecule has 0 radical (unpaired) electrons. The number of anilines is 1. The summed E-state index contributed by atoms with van der Waals surface area (Å²) in [6.07, 6.45) is 1.40. The number of hydrogen-bond donors (Lipinski definition) is 1. The first-order chi connectivity index (χ1) is 14.0. The Balaban J connectivity index is 2.07. The Kier molecular flexibility index (Phi) is 7.80. The number of amides is 1. The predicted octanol–water partition coefficient (Wildman–Crippen LogP) is 3.49. The molecule has 7 heteroatoms. The summed E-state index contributed by atoms with van der Waals surface area (Å²) in [5.41, 5.74) is 2.16. The van der Waals surface area contributed by atoms with Crippen molar-refractivity contribution in [1.82, 2.24) is 0 Å². The van der Waals surface area contributed by atoms with Gasteiger partial charge in [-0.15, -0.1) is 0 Å². The van der Waals surface area contributed by atoms with Gasteiger partial charge in [0.05, 0.1) is 13.7 Å². The lowest BCUT2D eigenvalue weighted by Gasteiger charge is -2.12. The summed E-state index contributed by atoms with van der Waals surface area (Å²) < 4.78 is 15.7. The lowest BCUT2D eigenvalue weighted by atomic mass is 10.1. The molecule has 0 aliphatic carbocycles. The highest BCUT2D eigenvalue weighted by atomic mass is 16.5. The van der Waals surface area contributed by atoms with Gasteiger partial charge in [0.15, 0.2) is 18.1 Å². The van der Waals surface area contributed by atoms with Crippen molar-refractivity contribution in [2.75, 3.05) is 25.6 Å². The molecule has 0 atom stereocenters. The largest absolute Gasteiger partial charge is 0.493 e. The molecule has 2 rings (SSSR count). The van der Waals surface area contributed by atoms with Crippen LogP contribution in [-0.2, 0) is 14.3 Å². The summed E-state index contributed by atoms with van der Waals surface area (Å²) in [5.74, 6) is -0.278. The Labute approximate surface area is 169 Å². The number of esters is 1. The van der Waals surface area contributed by atoms with Gasteiger partial charge in [0.25, 0.3) is 5.91 Å². The smallest absolute Gasteiger partial charge is 0.348 e. The molecule has 0 unspecified atom stereocenters. The van der Waals surface area contributed by atoms with Gasteiger partial charge in [-0.25, -0.2) is 4.79 Å². The number of nitrogens with one attached hydrogen (secondary N) is 1. The van der Waals surface area contributed by atoms with E-state index in [1.54, 1.807) is 31.2 Å². The minimum absolute atomic E-state index is 0.125. The van der Waals surface area contributed by atoms with Crippen molar-refractivity contribution in [3.8, 4) is 17.6 Å². The van der Waals surface area contributed by atoms with Gasteiger partial charge in [-0.3, -0.25) is 4.79 Å². The summed E-state index contributed by atoms with van der Waals surface area (Å²) in [6.45, 7) is 3.58. The van der Waals surface area contributed by atoms with Gasteiger partial charge in [-0.05, 0) is 55.3 Å². The normalized spacial score (nSPS) is 10.6. The van der Waals surface area contributed by atoms with Crippen LogP contribution in [0.1, 0.15) is 18.1 Å². The summed E-state index contributed by atoms with van der Waals surface area (Å²) >= 11 is 0. The van der Waals surface area contributed by atoms with Gasteiger partial charge in [0, 0.05) is 5.69 Å². The maximum atomic E-state index is 12.1. The van der Waals surface area contributed by atoms with Gasteiger partial charge >= 0.3 is 5.97 Å². The van der Waals surface area contributed by atoms with E-state index in [9.17, 15) is 9.59 Å². The van der Waals surface area contributed by atoms with Crippen LogP contribution in [0.3, 0.4) is 0 Å². The Morgan fingerprint density at radius 1 is 1.17 bits per heavy atom. The zero-order valence-corrected chi connectivity index (χ0v) is 16.5. The average Bonchev–Trinajstić information content (AvgIpc) is 2.70. The zero-order valence-electron chi connectivity index (χ0n) is 16.5. The maximum Gasteiger partial charge on any atom is 0.348 e. The molecule has 150 valence electrons. The predicted molar refractivity (Wildman–Crippen MR) is 109 cm³/mol. The Morgan fingerprint density at radius 3 is 2.62 bits per heavy atom.